The van der Waals surface area contributed by atoms with Gasteiger partial charge in [-0.05, 0) is 53.7 Å². The van der Waals surface area contributed by atoms with Gasteiger partial charge >= 0.3 is 0 Å². The molecule has 4 aromatic carbocycles. The molecule has 1 atom stereocenters. The maximum atomic E-state index is 13.4. The Morgan fingerprint density at radius 3 is 2.18 bits per heavy atom. The van der Waals surface area contributed by atoms with Crippen LogP contribution in [0.4, 0.5) is 0 Å². The molecule has 0 N–H and O–H groups in total. The van der Waals surface area contributed by atoms with Crippen LogP contribution >= 0.6 is 0 Å². The lowest BCUT2D eigenvalue weighted by Crippen LogP contribution is -2.29. The van der Waals surface area contributed by atoms with Crippen LogP contribution in [0.1, 0.15) is 15.9 Å². The van der Waals surface area contributed by atoms with Crippen LogP contribution in [0.25, 0.3) is 21.5 Å². The van der Waals surface area contributed by atoms with Gasteiger partial charge in [-0.3, -0.25) is 4.79 Å². The van der Waals surface area contributed by atoms with E-state index in [1.807, 2.05) is 38.4 Å². The molecule has 0 bridgehead atoms. The Bertz CT molecular complexity index is 1110. The number of fused-ring (bicyclic) bond motifs is 3. The van der Waals surface area contributed by atoms with Crippen LogP contribution in [0.15, 0.2) is 84.9 Å². The molecule has 4 rings (SSSR count). The Balaban J connectivity index is 1.73. The summed E-state index contributed by atoms with van der Waals surface area (Å²) in [6, 6.07) is 29.1. The van der Waals surface area contributed by atoms with E-state index in [2.05, 4.69) is 65.6 Å². The Morgan fingerprint density at radius 2 is 1.43 bits per heavy atom. The number of carbonyl (C=O) groups excluding carboxylic acids is 1. The van der Waals surface area contributed by atoms with Crippen LogP contribution in [0.3, 0.4) is 0 Å². The van der Waals surface area contributed by atoms with E-state index in [-0.39, 0.29) is 11.7 Å². The zero-order chi connectivity index (χ0) is 19.5. The Hall–Kier alpha value is -2.97. The summed E-state index contributed by atoms with van der Waals surface area (Å²) >= 11 is 0. The largest absolute Gasteiger partial charge is 0.309 e. The van der Waals surface area contributed by atoms with Gasteiger partial charge in [0.15, 0.2) is 5.78 Å². The minimum Gasteiger partial charge on any atom is -0.309 e. The van der Waals surface area contributed by atoms with Gasteiger partial charge in [-0.25, -0.2) is 0 Å². The van der Waals surface area contributed by atoms with E-state index >= 15 is 0 Å². The molecule has 0 aromatic heterocycles. The highest BCUT2D eigenvalue weighted by Crippen LogP contribution is 2.27. The average Bonchev–Trinajstić information content (AvgIpc) is 2.72. The van der Waals surface area contributed by atoms with Crippen molar-refractivity contribution < 1.29 is 4.79 Å². The first-order valence-electron chi connectivity index (χ1n) is 9.76. The number of hydrogen-bond acceptors (Lipinski definition) is 2. The third-order valence-electron chi connectivity index (χ3n) is 5.31. The van der Waals surface area contributed by atoms with E-state index in [0.717, 1.165) is 23.9 Å². The predicted octanol–water partition coefficient (Wildman–Crippen LogP) is 5.60. The molecule has 0 aliphatic heterocycles. The van der Waals surface area contributed by atoms with Gasteiger partial charge in [0, 0.05) is 18.0 Å². The summed E-state index contributed by atoms with van der Waals surface area (Å²) < 4.78 is 0. The highest BCUT2D eigenvalue weighted by Gasteiger charge is 2.22. The van der Waals surface area contributed by atoms with Crippen molar-refractivity contribution in [1.82, 2.24) is 4.90 Å². The van der Waals surface area contributed by atoms with Crippen LogP contribution in [0.5, 0.6) is 0 Å². The van der Waals surface area contributed by atoms with Crippen LogP contribution < -0.4 is 0 Å². The first-order valence-corrected chi connectivity index (χ1v) is 9.76. The molecule has 28 heavy (non-hydrogen) atoms. The molecule has 0 aliphatic carbocycles. The molecule has 2 nitrogen and oxygen atoms in total. The van der Waals surface area contributed by atoms with Crippen molar-refractivity contribution in [3.05, 3.63) is 96.1 Å². The first-order chi connectivity index (χ1) is 13.6. The van der Waals surface area contributed by atoms with Crippen molar-refractivity contribution in [3.63, 3.8) is 0 Å². The van der Waals surface area contributed by atoms with Gasteiger partial charge in [0.05, 0.1) is 0 Å². The van der Waals surface area contributed by atoms with Crippen molar-refractivity contribution in [2.24, 2.45) is 5.92 Å². The monoisotopic (exact) mass is 367 g/mol. The molecular formula is C26H25NO. The van der Waals surface area contributed by atoms with E-state index in [1.54, 1.807) is 0 Å². The molecular weight excluding hydrogens is 342 g/mol. The number of benzene rings is 4. The summed E-state index contributed by atoms with van der Waals surface area (Å²) in [5.74, 6) is 0.150. The molecule has 1 unspecified atom stereocenters. The fourth-order valence-electron chi connectivity index (χ4n) is 3.97. The summed E-state index contributed by atoms with van der Waals surface area (Å²) in [7, 11) is 4.05. The minimum absolute atomic E-state index is 0.0650. The Labute approximate surface area is 166 Å². The van der Waals surface area contributed by atoms with Crippen molar-refractivity contribution >= 4 is 27.3 Å². The quantitative estimate of drug-likeness (QED) is 0.327. The molecule has 4 aromatic rings. The Kier molecular flexibility index (Phi) is 5.23. The van der Waals surface area contributed by atoms with E-state index in [1.165, 1.54) is 21.7 Å². The molecule has 0 heterocycles. The first kappa shape index (κ1) is 18.4. The highest BCUT2D eigenvalue weighted by atomic mass is 16.1. The van der Waals surface area contributed by atoms with Crippen LogP contribution in [0, 0.1) is 5.92 Å². The van der Waals surface area contributed by atoms with Crippen molar-refractivity contribution in [2.45, 2.75) is 6.42 Å². The van der Waals surface area contributed by atoms with Gasteiger partial charge in [0.2, 0.25) is 0 Å². The lowest BCUT2D eigenvalue weighted by atomic mass is 9.89. The summed E-state index contributed by atoms with van der Waals surface area (Å²) in [6.45, 7) is 0.737. The molecule has 140 valence electrons. The lowest BCUT2D eigenvalue weighted by molar-refractivity contribution is 0.0897. The maximum Gasteiger partial charge on any atom is 0.167 e. The topological polar surface area (TPSA) is 20.3 Å². The number of carbonyl (C=O) groups is 1. The number of rotatable bonds is 6. The van der Waals surface area contributed by atoms with Gasteiger partial charge in [0.25, 0.3) is 0 Å². The summed E-state index contributed by atoms with van der Waals surface area (Å²) in [4.78, 5) is 15.5. The van der Waals surface area contributed by atoms with Gasteiger partial charge < -0.3 is 4.90 Å². The van der Waals surface area contributed by atoms with E-state index in [9.17, 15) is 4.79 Å². The molecule has 0 fully saturated rings. The third-order valence-corrected chi connectivity index (χ3v) is 5.31. The van der Waals surface area contributed by atoms with Crippen LogP contribution in [-0.4, -0.2) is 31.3 Å². The number of ketones is 1. The molecule has 0 saturated carbocycles. The third kappa shape index (κ3) is 3.83. The Morgan fingerprint density at radius 1 is 0.786 bits per heavy atom. The second kappa shape index (κ2) is 7.95. The highest BCUT2D eigenvalue weighted by molar-refractivity contribution is 6.10. The smallest absolute Gasteiger partial charge is 0.167 e. The lowest BCUT2D eigenvalue weighted by Gasteiger charge is -2.20. The molecule has 2 heteroatoms. The summed E-state index contributed by atoms with van der Waals surface area (Å²) in [6.07, 6.45) is 0.755. The SMILES string of the molecule is CN(C)CC(Cc1ccccc1)C(=O)c1ccc2ccc3ccccc3c2c1. The number of nitrogens with zero attached hydrogens (tertiary/aromatic N) is 1. The molecule has 0 spiro atoms. The molecule has 0 radical (unpaired) electrons. The second-order valence-electron chi connectivity index (χ2n) is 7.74. The van der Waals surface area contributed by atoms with E-state index in [4.69, 9.17) is 0 Å². The van der Waals surface area contributed by atoms with Gasteiger partial charge in [-0.15, -0.1) is 0 Å². The molecule has 0 aliphatic rings. The van der Waals surface area contributed by atoms with E-state index in [0.29, 0.717) is 0 Å². The normalized spacial score (nSPS) is 12.5. The van der Waals surface area contributed by atoms with Gasteiger partial charge in [-0.2, -0.15) is 0 Å². The fourth-order valence-corrected chi connectivity index (χ4v) is 3.97. The average molecular weight is 367 g/mol. The van der Waals surface area contributed by atoms with Crippen molar-refractivity contribution in [3.8, 4) is 0 Å². The minimum atomic E-state index is -0.0650. The van der Waals surface area contributed by atoms with Crippen molar-refractivity contribution in [2.75, 3.05) is 20.6 Å². The number of Topliss-reactive ketones (excluding diaryl/α,β-unsaturated/α-hetero) is 1. The van der Waals surface area contributed by atoms with Crippen LogP contribution in [0.2, 0.25) is 0 Å². The zero-order valence-electron chi connectivity index (χ0n) is 16.4. The fraction of sp³-hybridized carbons (Fsp3) is 0.192. The summed E-state index contributed by atoms with van der Waals surface area (Å²) in [5.41, 5.74) is 2.00. The van der Waals surface area contributed by atoms with Crippen molar-refractivity contribution in [1.29, 1.82) is 0 Å². The number of hydrogen-bond donors (Lipinski definition) is 0. The van der Waals surface area contributed by atoms with Gasteiger partial charge in [0.1, 0.15) is 0 Å². The van der Waals surface area contributed by atoms with Crippen LogP contribution in [-0.2, 0) is 6.42 Å². The second-order valence-corrected chi connectivity index (χ2v) is 7.74. The molecule has 0 saturated heterocycles. The summed E-state index contributed by atoms with van der Waals surface area (Å²) in [5, 5.41) is 4.71. The zero-order valence-corrected chi connectivity index (χ0v) is 16.4. The standard InChI is InChI=1S/C26H25NO/c1-27(2)18-23(16-19-8-4-3-5-9-19)26(28)22-15-14-21-13-12-20-10-6-7-11-24(20)25(21)17-22/h3-15,17,23H,16,18H2,1-2H3. The maximum absolute atomic E-state index is 13.4. The molecule has 0 amide bonds. The van der Waals surface area contributed by atoms with E-state index < -0.39 is 0 Å². The van der Waals surface area contributed by atoms with Gasteiger partial charge in [-0.1, -0.05) is 78.9 Å². The predicted molar refractivity (Wildman–Crippen MR) is 118 cm³/mol.